The molecule has 0 saturated heterocycles. The zero-order valence-corrected chi connectivity index (χ0v) is 18.7. The molecular weight excluding hydrogens is 416 g/mol. The minimum atomic E-state index is -0.295. The number of carbonyl (C=O) groups excluding carboxylic acids is 2. The highest BCUT2D eigenvalue weighted by Gasteiger charge is 2.19. The smallest absolute Gasteiger partial charge is 0.226 e. The third kappa shape index (κ3) is 6.14. The van der Waals surface area contributed by atoms with Crippen LogP contribution in [0.3, 0.4) is 0 Å². The summed E-state index contributed by atoms with van der Waals surface area (Å²) in [6.45, 7) is 6.21. The number of ketones is 1. The Morgan fingerprint density at radius 3 is 2.37 bits per heavy atom. The summed E-state index contributed by atoms with van der Waals surface area (Å²) in [5, 5.41) is 14.8. The van der Waals surface area contributed by atoms with Crippen LogP contribution in [0.5, 0.6) is 0 Å². The van der Waals surface area contributed by atoms with Gasteiger partial charge in [-0.3, -0.25) is 9.59 Å². The first-order valence-electron chi connectivity index (χ1n) is 9.65. The number of Topliss-reactive ketones (excluding diaryl/α,β-unsaturated/α-hetero) is 1. The molecule has 0 aliphatic heterocycles. The van der Waals surface area contributed by atoms with E-state index in [2.05, 4.69) is 20.8 Å². The topological polar surface area (TPSA) is 84.0 Å². The van der Waals surface area contributed by atoms with Gasteiger partial charge >= 0.3 is 0 Å². The van der Waals surface area contributed by atoms with Crippen molar-refractivity contribution in [2.75, 3.05) is 10.6 Å². The van der Waals surface area contributed by atoms with Crippen LogP contribution in [0.15, 0.2) is 58.9 Å². The number of aromatic nitrogens is 2. The maximum Gasteiger partial charge on any atom is 0.226 e. The molecule has 2 aromatic carbocycles. The van der Waals surface area contributed by atoms with Crippen molar-refractivity contribution in [1.29, 1.82) is 0 Å². The van der Waals surface area contributed by atoms with Gasteiger partial charge in [-0.2, -0.15) is 0 Å². The number of anilines is 2. The van der Waals surface area contributed by atoms with Gasteiger partial charge in [0.25, 0.3) is 0 Å². The minimum absolute atomic E-state index is 0.00994. The predicted molar refractivity (Wildman–Crippen MR) is 123 cm³/mol. The van der Waals surface area contributed by atoms with Crippen molar-refractivity contribution in [2.45, 2.75) is 36.9 Å². The standard InChI is InChI=1S/C22H24N4O2S2/c1-14(2)20(28)24-18-11-9-17(10-12-18)19(27)15(3)29-22-26-25-21(30-22)23-13-16-7-5-4-6-8-16/h4-12,14-15H,13H2,1-3H3,(H,23,25)(H,24,28). The van der Waals surface area contributed by atoms with Crippen molar-refractivity contribution < 1.29 is 9.59 Å². The molecule has 0 radical (unpaired) electrons. The summed E-state index contributed by atoms with van der Waals surface area (Å²) < 4.78 is 0.743. The molecule has 0 aliphatic rings. The van der Waals surface area contributed by atoms with E-state index in [-0.39, 0.29) is 22.9 Å². The second-order valence-corrected chi connectivity index (χ2v) is 9.62. The van der Waals surface area contributed by atoms with E-state index in [1.54, 1.807) is 24.3 Å². The summed E-state index contributed by atoms with van der Waals surface area (Å²) in [7, 11) is 0. The Balaban J connectivity index is 1.54. The quantitative estimate of drug-likeness (QED) is 0.355. The van der Waals surface area contributed by atoms with Crippen LogP contribution in [-0.4, -0.2) is 27.1 Å². The summed E-state index contributed by atoms with van der Waals surface area (Å²) in [4.78, 5) is 24.5. The van der Waals surface area contributed by atoms with E-state index in [0.717, 1.165) is 9.47 Å². The summed E-state index contributed by atoms with van der Waals surface area (Å²) >= 11 is 2.83. The molecule has 0 aliphatic carbocycles. The van der Waals surface area contributed by atoms with E-state index < -0.39 is 0 Å². The molecule has 1 atom stereocenters. The van der Waals surface area contributed by atoms with E-state index in [1.165, 1.54) is 28.7 Å². The van der Waals surface area contributed by atoms with Gasteiger partial charge in [-0.05, 0) is 36.8 Å². The molecule has 1 amide bonds. The van der Waals surface area contributed by atoms with Crippen LogP contribution in [0, 0.1) is 5.92 Å². The van der Waals surface area contributed by atoms with Crippen LogP contribution in [0.25, 0.3) is 0 Å². The molecule has 1 heterocycles. The van der Waals surface area contributed by atoms with Crippen molar-refractivity contribution in [3.63, 3.8) is 0 Å². The second-order valence-electron chi connectivity index (χ2n) is 7.06. The molecule has 0 bridgehead atoms. The summed E-state index contributed by atoms with van der Waals surface area (Å²) in [5.41, 5.74) is 2.45. The van der Waals surface area contributed by atoms with Gasteiger partial charge in [-0.15, -0.1) is 10.2 Å². The molecular formula is C22H24N4O2S2. The lowest BCUT2D eigenvalue weighted by atomic mass is 10.1. The molecule has 1 aromatic heterocycles. The number of rotatable bonds is 9. The van der Waals surface area contributed by atoms with Crippen LogP contribution in [-0.2, 0) is 11.3 Å². The summed E-state index contributed by atoms with van der Waals surface area (Å²) in [6, 6.07) is 17.0. The lowest BCUT2D eigenvalue weighted by Crippen LogP contribution is -2.18. The normalized spacial score (nSPS) is 11.9. The number of nitrogens with zero attached hydrogens (tertiary/aromatic N) is 2. The SMILES string of the molecule is CC(C)C(=O)Nc1ccc(C(=O)C(C)Sc2nnc(NCc3ccccc3)s2)cc1. The third-order valence-corrected chi connectivity index (χ3v) is 6.37. The molecule has 6 nitrogen and oxygen atoms in total. The fourth-order valence-corrected chi connectivity index (χ4v) is 4.52. The van der Waals surface area contributed by atoms with E-state index in [1.807, 2.05) is 51.1 Å². The van der Waals surface area contributed by atoms with Crippen LogP contribution < -0.4 is 10.6 Å². The number of hydrogen-bond acceptors (Lipinski definition) is 7. The van der Waals surface area contributed by atoms with Crippen LogP contribution in [0.1, 0.15) is 36.7 Å². The molecule has 0 saturated carbocycles. The highest BCUT2D eigenvalue weighted by atomic mass is 32.2. The Bertz CT molecular complexity index is 988. The van der Waals surface area contributed by atoms with Crippen molar-refractivity contribution in [1.82, 2.24) is 10.2 Å². The second kappa shape index (κ2) is 10.4. The van der Waals surface area contributed by atoms with Crippen molar-refractivity contribution in [3.05, 3.63) is 65.7 Å². The average molecular weight is 441 g/mol. The summed E-state index contributed by atoms with van der Waals surface area (Å²) in [5.74, 6) is -0.136. The Kier molecular flexibility index (Phi) is 7.59. The number of amides is 1. The number of nitrogens with one attached hydrogen (secondary N) is 2. The number of thioether (sulfide) groups is 1. The van der Waals surface area contributed by atoms with E-state index >= 15 is 0 Å². The Labute approximate surface area is 184 Å². The molecule has 156 valence electrons. The van der Waals surface area contributed by atoms with Crippen LogP contribution in [0.4, 0.5) is 10.8 Å². The van der Waals surface area contributed by atoms with Gasteiger partial charge < -0.3 is 10.6 Å². The molecule has 1 unspecified atom stereocenters. The zero-order chi connectivity index (χ0) is 21.5. The van der Waals surface area contributed by atoms with Gasteiger partial charge in [0.15, 0.2) is 10.1 Å². The lowest BCUT2D eigenvalue weighted by Gasteiger charge is -2.10. The third-order valence-electron chi connectivity index (χ3n) is 4.30. The maximum atomic E-state index is 12.7. The Morgan fingerprint density at radius 1 is 1.00 bits per heavy atom. The first-order chi connectivity index (χ1) is 14.4. The largest absolute Gasteiger partial charge is 0.356 e. The van der Waals surface area contributed by atoms with E-state index in [4.69, 9.17) is 0 Å². The van der Waals surface area contributed by atoms with Crippen molar-refractivity contribution in [2.24, 2.45) is 5.92 Å². The fraction of sp³-hybridized carbons (Fsp3) is 0.273. The molecule has 3 rings (SSSR count). The van der Waals surface area contributed by atoms with Gasteiger partial charge in [0.05, 0.1) is 5.25 Å². The lowest BCUT2D eigenvalue weighted by molar-refractivity contribution is -0.118. The average Bonchev–Trinajstić information content (AvgIpc) is 3.20. The Hall–Kier alpha value is -2.71. The molecule has 0 spiro atoms. The minimum Gasteiger partial charge on any atom is -0.356 e. The molecule has 3 aromatic rings. The maximum absolute atomic E-state index is 12.7. The molecule has 8 heteroatoms. The van der Waals surface area contributed by atoms with Crippen molar-refractivity contribution in [3.8, 4) is 0 Å². The van der Waals surface area contributed by atoms with Gasteiger partial charge in [-0.25, -0.2) is 0 Å². The van der Waals surface area contributed by atoms with Gasteiger partial charge in [-0.1, -0.05) is 67.3 Å². The van der Waals surface area contributed by atoms with E-state index in [9.17, 15) is 9.59 Å². The first-order valence-corrected chi connectivity index (χ1v) is 11.3. The first kappa shape index (κ1) is 22.0. The Morgan fingerprint density at radius 2 is 1.70 bits per heavy atom. The summed E-state index contributed by atoms with van der Waals surface area (Å²) in [6.07, 6.45) is 0. The molecule has 2 N–H and O–H groups in total. The van der Waals surface area contributed by atoms with Crippen LogP contribution >= 0.6 is 23.1 Å². The van der Waals surface area contributed by atoms with Gasteiger partial charge in [0.1, 0.15) is 0 Å². The zero-order valence-electron chi connectivity index (χ0n) is 17.1. The number of benzene rings is 2. The van der Waals surface area contributed by atoms with Crippen LogP contribution in [0.2, 0.25) is 0 Å². The number of hydrogen-bond donors (Lipinski definition) is 2. The highest BCUT2D eigenvalue weighted by molar-refractivity contribution is 8.02. The highest BCUT2D eigenvalue weighted by Crippen LogP contribution is 2.30. The molecule has 30 heavy (non-hydrogen) atoms. The fourth-order valence-electron chi connectivity index (χ4n) is 2.55. The molecule has 0 fully saturated rings. The monoisotopic (exact) mass is 440 g/mol. The van der Waals surface area contributed by atoms with Crippen molar-refractivity contribution >= 4 is 45.6 Å². The van der Waals surface area contributed by atoms with Gasteiger partial charge in [0.2, 0.25) is 11.0 Å². The predicted octanol–water partition coefficient (Wildman–Crippen LogP) is 5.11. The van der Waals surface area contributed by atoms with E-state index in [0.29, 0.717) is 17.8 Å². The number of carbonyl (C=O) groups is 2. The van der Waals surface area contributed by atoms with Gasteiger partial charge in [0, 0.05) is 23.7 Å².